The van der Waals surface area contributed by atoms with E-state index in [0.29, 0.717) is 12.4 Å². The summed E-state index contributed by atoms with van der Waals surface area (Å²) in [7, 11) is 0. The molecule has 2 heterocycles. The van der Waals surface area contributed by atoms with Crippen LogP contribution in [0.5, 0.6) is 0 Å². The number of hydrogen-bond donors (Lipinski definition) is 2. The Morgan fingerprint density at radius 2 is 2.00 bits per heavy atom. The van der Waals surface area contributed by atoms with Crippen LogP contribution in [0.1, 0.15) is 11.1 Å². The quantitative estimate of drug-likeness (QED) is 0.808. The zero-order valence-electron chi connectivity index (χ0n) is 9.01. The molecule has 2 aromatic heterocycles. The van der Waals surface area contributed by atoms with Gasteiger partial charge in [-0.15, -0.1) is 0 Å². The van der Waals surface area contributed by atoms with Crippen molar-refractivity contribution in [3.8, 4) is 0 Å². The molecule has 2 aromatic rings. The first-order chi connectivity index (χ1) is 7.77. The highest BCUT2D eigenvalue weighted by atomic mass is 15.0. The molecule has 0 aliphatic heterocycles. The lowest BCUT2D eigenvalue weighted by Crippen LogP contribution is -2.06. The van der Waals surface area contributed by atoms with Crippen molar-refractivity contribution in [1.29, 1.82) is 0 Å². The van der Waals surface area contributed by atoms with E-state index < -0.39 is 0 Å². The summed E-state index contributed by atoms with van der Waals surface area (Å²) in [6, 6.07) is 3.90. The minimum absolute atomic E-state index is 0.507. The fraction of sp³-hybridized carbons (Fsp3) is 0.182. The lowest BCUT2D eigenvalue weighted by molar-refractivity contribution is 1.06. The second kappa shape index (κ2) is 4.57. The molecule has 0 amide bonds. The number of nitrogens with one attached hydrogen (secondary N) is 1. The highest BCUT2D eigenvalue weighted by Crippen LogP contribution is 2.15. The van der Waals surface area contributed by atoms with Crippen LogP contribution in [-0.2, 0) is 6.54 Å². The molecule has 3 N–H and O–H groups in total. The topological polar surface area (TPSA) is 76.7 Å². The van der Waals surface area contributed by atoms with Crippen molar-refractivity contribution < 1.29 is 0 Å². The van der Waals surface area contributed by atoms with Crippen molar-refractivity contribution in [2.24, 2.45) is 0 Å². The van der Waals surface area contributed by atoms with Gasteiger partial charge in [0.05, 0.1) is 0 Å². The van der Waals surface area contributed by atoms with E-state index in [9.17, 15) is 0 Å². The van der Waals surface area contributed by atoms with Crippen LogP contribution >= 0.6 is 0 Å². The van der Waals surface area contributed by atoms with E-state index in [-0.39, 0.29) is 0 Å². The van der Waals surface area contributed by atoms with Crippen molar-refractivity contribution in [3.05, 3.63) is 42.0 Å². The first kappa shape index (κ1) is 10.4. The molecule has 5 nitrogen and oxygen atoms in total. The fourth-order valence-electron chi connectivity index (χ4n) is 1.33. The summed E-state index contributed by atoms with van der Waals surface area (Å²) in [5, 5.41) is 3.21. The Bertz CT molecular complexity index is 469. The lowest BCUT2D eigenvalue weighted by Gasteiger charge is -2.08. The van der Waals surface area contributed by atoms with Gasteiger partial charge in [0.2, 0.25) is 0 Å². The van der Waals surface area contributed by atoms with E-state index in [0.717, 1.165) is 16.9 Å². The van der Waals surface area contributed by atoms with Gasteiger partial charge < -0.3 is 11.1 Å². The molecular formula is C11H13N5. The molecular weight excluding hydrogens is 202 g/mol. The summed E-state index contributed by atoms with van der Waals surface area (Å²) < 4.78 is 0. The van der Waals surface area contributed by atoms with E-state index in [1.807, 2.05) is 19.1 Å². The molecule has 0 unspecified atom stereocenters. The molecule has 0 saturated heterocycles. The molecule has 0 atom stereocenters. The van der Waals surface area contributed by atoms with Crippen LogP contribution < -0.4 is 11.1 Å². The maximum absolute atomic E-state index is 5.69. The lowest BCUT2D eigenvalue weighted by atomic mass is 10.2. The Labute approximate surface area is 93.8 Å². The zero-order valence-corrected chi connectivity index (χ0v) is 9.01. The average Bonchev–Trinajstić information content (AvgIpc) is 2.32. The van der Waals surface area contributed by atoms with Gasteiger partial charge in [-0.05, 0) is 24.6 Å². The third-order valence-corrected chi connectivity index (χ3v) is 2.33. The van der Waals surface area contributed by atoms with E-state index in [4.69, 9.17) is 5.73 Å². The zero-order chi connectivity index (χ0) is 11.4. The van der Waals surface area contributed by atoms with Gasteiger partial charge in [-0.2, -0.15) is 0 Å². The number of nitrogens with two attached hydrogens (primary N) is 1. The largest absolute Gasteiger partial charge is 0.383 e. The first-order valence-corrected chi connectivity index (χ1v) is 4.97. The van der Waals surface area contributed by atoms with Gasteiger partial charge in [-0.25, -0.2) is 9.97 Å². The molecule has 0 aliphatic rings. The second-order valence-electron chi connectivity index (χ2n) is 3.44. The van der Waals surface area contributed by atoms with Gasteiger partial charge in [0, 0.05) is 24.5 Å². The van der Waals surface area contributed by atoms with Gasteiger partial charge in [-0.3, -0.25) is 4.98 Å². The van der Waals surface area contributed by atoms with E-state index >= 15 is 0 Å². The maximum Gasteiger partial charge on any atom is 0.134 e. The molecule has 0 radical (unpaired) electrons. The molecule has 0 saturated carbocycles. The normalized spacial score (nSPS) is 10.1. The fourth-order valence-corrected chi connectivity index (χ4v) is 1.33. The van der Waals surface area contributed by atoms with E-state index in [2.05, 4.69) is 20.3 Å². The van der Waals surface area contributed by atoms with E-state index in [1.54, 1.807) is 12.4 Å². The Balaban J connectivity index is 2.08. The van der Waals surface area contributed by atoms with Crippen LogP contribution in [0.3, 0.4) is 0 Å². The molecule has 82 valence electrons. The van der Waals surface area contributed by atoms with Crippen LogP contribution in [0.2, 0.25) is 0 Å². The molecule has 0 spiro atoms. The standard InChI is InChI=1S/C11H13N5/c1-8-10(12)15-7-16-11(8)14-6-9-2-4-13-5-3-9/h2-5,7H,6H2,1H3,(H3,12,14,15,16). The average molecular weight is 215 g/mol. The summed E-state index contributed by atoms with van der Waals surface area (Å²) in [6.45, 7) is 2.59. The first-order valence-electron chi connectivity index (χ1n) is 4.97. The molecule has 2 rings (SSSR count). The van der Waals surface area contributed by atoms with Crippen molar-refractivity contribution >= 4 is 11.6 Å². The second-order valence-corrected chi connectivity index (χ2v) is 3.44. The number of nitrogens with zero attached hydrogens (tertiary/aromatic N) is 3. The summed E-state index contributed by atoms with van der Waals surface area (Å²) in [6.07, 6.45) is 4.98. The number of rotatable bonds is 3. The summed E-state index contributed by atoms with van der Waals surface area (Å²) in [5.41, 5.74) is 7.71. The van der Waals surface area contributed by atoms with Gasteiger partial charge in [0.1, 0.15) is 18.0 Å². The number of hydrogen-bond acceptors (Lipinski definition) is 5. The van der Waals surface area contributed by atoms with Gasteiger partial charge >= 0.3 is 0 Å². The Morgan fingerprint density at radius 1 is 1.25 bits per heavy atom. The maximum atomic E-state index is 5.69. The van der Waals surface area contributed by atoms with Crippen LogP contribution in [0.4, 0.5) is 11.6 Å². The number of aromatic nitrogens is 3. The summed E-state index contributed by atoms with van der Waals surface area (Å²) >= 11 is 0. The van der Waals surface area contributed by atoms with Crippen molar-refractivity contribution in [2.75, 3.05) is 11.1 Å². The number of pyridine rings is 1. The van der Waals surface area contributed by atoms with Crippen molar-refractivity contribution in [1.82, 2.24) is 15.0 Å². The van der Waals surface area contributed by atoms with Crippen LogP contribution in [-0.4, -0.2) is 15.0 Å². The third-order valence-electron chi connectivity index (χ3n) is 2.33. The Kier molecular flexibility index (Phi) is 2.95. The van der Waals surface area contributed by atoms with Gasteiger partial charge in [0.25, 0.3) is 0 Å². The van der Waals surface area contributed by atoms with Crippen LogP contribution in [0, 0.1) is 6.92 Å². The minimum Gasteiger partial charge on any atom is -0.383 e. The van der Waals surface area contributed by atoms with Crippen LogP contribution in [0.15, 0.2) is 30.9 Å². The predicted octanol–water partition coefficient (Wildman–Crippen LogP) is 1.37. The molecule has 0 aliphatic carbocycles. The monoisotopic (exact) mass is 215 g/mol. The SMILES string of the molecule is Cc1c(N)ncnc1NCc1ccncc1. The predicted molar refractivity (Wildman–Crippen MR) is 62.7 cm³/mol. The smallest absolute Gasteiger partial charge is 0.134 e. The van der Waals surface area contributed by atoms with Gasteiger partial charge in [0.15, 0.2) is 0 Å². The molecule has 0 bridgehead atoms. The molecule has 5 heteroatoms. The minimum atomic E-state index is 0.507. The highest BCUT2D eigenvalue weighted by molar-refractivity contribution is 5.53. The number of nitrogen functional groups attached to an aromatic ring is 1. The third kappa shape index (κ3) is 2.25. The highest BCUT2D eigenvalue weighted by Gasteiger charge is 2.02. The van der Waals surface area contributed by atoms with E-state index in [1.165, 1.54) is 6.33 Å². The van der Waals surface area contributed by atoms with Gasteiger partial charge in [-0.1, -0.05) is 0 Å². The molecule has 0 fully saturated rings. The summed E-state index contributed by atoms with van der Waals surface area (Å²) in [4.78, 5) is 12.0. The van der Waals surface area contributed by atoms with Crippen molar-refractivity contribution in [2.45, 2.75) is 13.5 Å². The Morgan fingerprint density at radius 3 is 2.75 bits per heavy atom. The summed E-state index contributed by atoms with van der Waals surface area (Å²) in [5.74, 6) is 1.27. The van der Waals surface area contributed by atoms with Crippen molar-refractivity contribution in [3.63, 3.8) is 0 Å². The molecule has 16 heavy (non-hydrogen) atoms. The molecule has 0 aromatic carbocycles. The number of anilines is 2. The van der Waals surface area contributed by atoms with Crippen LogP contribution in [0.25, 0.3) is 0 Å². The Hall–Kier alpha value is -2.17.